The van der Waals surface area contributed by atoms with Gasteiger partial charge in [-0.25, -0.2) is 0 Å². The smallest absolute Gasteiger partial charge is 0.226 e. The molecular formula is C27H41NO8. The highest BCUT2D eigenvalue weighted by atomic mass is 16.5. The summed E-state index contributed by atoms with van der Waals surface area (Å²) in [5.74, 6) is -0.411. The maximum absolute atomic E-state index is 13.8. The van der Waals surface area contributed by atoms with E-state index >= 15 is 0 Å². The Hall–Kier alpha value is -2.88. The number of carbonyl (C=O) groups is 2. The minimum atomic E-state index is -0.484. The van der Waals surface area contributed by atoms with Gasteiger partial charge in [-0.2, -0.15) is 0 Å². The van der Waals surface area contributed by atoms with Crippen LogP contribution in [0, 0.1) is 5.92 Å². The van der Waals surface area contributed by atoms with Gasteiger partial charge in [0.25, 0.3) is 0 Å². The first-order valence-electron chi connectivity index (χ1n) is 12.1. The fourth-order valence-electron chi connectivity index (χ4n) is 3.64. The summed E-state index contributed by atoms with van der Waals surface area (Å²) >= 11 is 0. The Balaban J connectivity index is 3.61. The van der Waals surface area contributed by atoms with Gasteiger partial charge in [0, 0.05) is 39.3 Å². The predicted octanol–water partition coefficient (Wildman–Crippen LogP) is 3.57. The molecule has 0 aliphatic carbocycles. The molecule has 0 aromatic heterocycles. The number of ketones is 1. The number of benzene rings is 1. The van der Waals surface area contributed by atoms with Crippen molar-refractivity contribution in [3.05, 3.63) is 46.7 Å². The fourth-order valence-corrected chi connectivity index (χ4v) is 3.64. The number of amides is 1. The standard InChI is InChI=1S/C27H41NO8/c1-7-19(3)21(18-25(31)28(12-15-33-4)13-16-34-5)26(22(30)11-14-29)27(32)20-9-10-23(36-8-2)24(17-20)35-6/h9-11,17,19,29-30H,7-8,12-16,18H2,1-6H3/b22-11+,26-21+. The number of allylic oxidation sites excluding steroid dienone is 1. The van der Waals surface area contributed by atoms with Gasteiger partial charge in [-0.05, 0) is 49.1 Å². The second-order valence-corrected chi connectivity index (χ2v) is 8.15. The van der Waals surface area contributed by atoms with Gasteiger partial charge in [0.2, 0.25) is 5.91 Å². The number of hydrogen-bond donors (Lipinski definition) is 2. The molecule has 1 aromatic rings. The predicted molar refractivity (Wildman–Crippen MR) is 138 cm³/mol. The Kier molecular flexibility index (Phi) is 14.5. The number of ether oxygens (including phenoxy) is 4. The van der Waals surface area contributed by atoms with Crippen LogP contribution in [0.25, 0.3) is 0 Å². The molecule has 36 heavy (non-hydrogen) atoms. The summed E-state index contributed by atoms with van der Waals surface area (Å²) in [5, 5.41) is 20.3. The molecule has 0 saturated heterocycles. The van der Waals surface area contributed by atoms with Crippen molar-refractivity contribution < 1.29 is 38.7 Å². The van der Waals surface area contributed by atoms with E-state index in [2.05, 4.69) is 0 Å². The van der Waals surface area contributed by atoms with Crippen molar-refractivity contribution >= 4 is 11.7 Å². The van der Waals surface area contributed by atoms with Gasteiger partial charge in [-0.1, -0.05) is 13.8 Å². The highest BCUT2D eigenvalue weighted by Crippen LogP contribution is 2.33. The third kappa shape index (κ3) is 8.96. The minimum Gasteiger partial charge on any atom is -0.507 e. The zero-order chi connectivity index (χ0) is 27.1. The molecule has 0 spiro atoms. The van der Waals surface area contributed by atoms with Crippen molar-refractivity contribution in [2.75, 3.05) is 60.8 Å². The first-order valence-corrected chi connectivity index (χ1v) is 12.1. The highest BCUT2D eigenvalue weighted by Gasteiger charge is 2.27. The number of aliphatic hydroxyl groups excluding tert-OH is 2. The van der Waals surface area contributed by atoms with E-state index in [-0.39, 0.29) is 35.1 Å². The summed E-state index contributed by atoms with van der Waals surface area (Å²) in [6.45, 7) is 7.08. The maximum Gasteiger partial charge on any atom is 0.226 e. The van der Waals surface area contributed by atoms with E-state index in [1.807, 2.05) is 20.8 Å². The first kappa shape index (κ1) is 31.2. The summed E-state index contributed by atoms with van der Waals surface area (Å²) in [5.41, 5.74) is 0.742. The largest absolute Gasteiger partial charge is 0.507 e. The molecule has 2 N–H and O–H groups in total. The minimum absolute atomic E-state index is 0.00334. The van der Waals surface area contributed by atoms with Crippen molar-refractivity contribution in [3.8, 4) is 11.5 Å². The third-order valence-electron chi connectivity index (χ3n) is 5.85. The Labute approximate surface area is 214 Å². The molecule has 0 heterocycles. The molecule has 0 bridgehead atoms. The van der Waals surface area contributed by atoms with Crippen LogP contribution in [0.3, 0.4) is 0 Å². The van der Waals surface area contributed by atoms with Crippen molar-refractivity contribution in [2.24, 2.45) is 5.92 Å². The van der Waals surface area contributed by atoms with Crippen LogP contribution in [-0.2, 0) is 14.3 Å². The number of carbonyl (C=O) groups excluding carboxylic acids is 2. The number of aliphatic hydroxyl groups is 2. The molecule has 0 aliphatic heterocycles. The van der Waals surface area contributed by atoms with E-state index in [4.69, 9.17) is 18.9 Å². The van der Waals surface area contributed by atoms with Crippen LogP contribution >= 0.6 is 0 Å². The number of hydrogen-bond acceptors (Lipinski definition) is 8. The van der Waals surface area contributed by atoms with Gasteiger partial charge in [0.1, 0.15) is 5.76 Å². The summed E-state index contributed by atoms with van der Waals surface area (Å²) in [6, 6.07) is 4.76. The zero-order valence-corrected chi connectivity index (χ0v) is 22.3. The average Bonchev–Trinajstić information content (AvgIpc) is 2.88. The van der Waals surface area contributed by atoms with E-state index in [0.717, 1.165) is 6.08 Å². The summed E-state index contributed by atoms with van der Waals surface area (Å²) < 4.78 is 21.2. The molecule has 0 aliphatic rings. The van der Waals surface area contributed by atoms with Gasteiger partial charge in [0.05, 0.1) is 39.1 Å². The Morgan fingerprint density at radius 1 is 1.06 bits per heavy atom. The van der Waals surface area contributed by atoms with Gasteiger partial charge >= 0.3 is 0 Å². The maximum atomic E-state index is 13.8. The molecular weight excluding hydrogens is 466 g/mol. The lowest BCUT2D eigenvalue weighted by atomic mass is 9.86. The van der Waals surface area contributed by atoms with Gasteiger partial charge in [-0.15, -0.1) is 0 Å². The summed E-state index contributed by atoms with van der Waals surface area (Å²) in [6.07, 6.45) is 1.70. The van der Waals surface area contributed by atoms with Crippen molar-refractivity contribution in [3.63, 3.8) is 0 Å². The Bertz CT molecular complexity index is 901. The fraction of sp³-hybridized carbons (Fsp3) is 0.556. The van der Waals surface area contributed by atoms with Crippen molar-refractivity contribution in [1.29, 1.82) is 0 Å². The second-order valence-electron chi connectivity index (χ2n) is 8.15. The lowest BCUT2D eigenvalue weighted by Crippen LogP contribution is -2.37. The van der Waals surface area contributed by atoms with Crippen LogP contribution in [0.2, 0.25) is 0 Å². The first-order chi connectivity index (χ1) is 17.3. The molecule has 202 valence electrons. The SMILES string of the molecule is CCOc1ccc(C(=O)C(/C(O)=C\CO)=C(\CC(=O)N(CCOC)CCOC)C(C)CC)cc1OC. The normalized spacial score (nSPS) is 13.1. The van der Waals surface area contributed by atoms with Crippen molar-refractivity contribution in [2.45, 2.75) is 33.6 Å². The summed E-state index contributed by atoms with van der Waals surface area (Å²) in [7, 11) is 4.59. The van der Waals surface area contributed by atoms with E-state index in [0.29, 0.717) is 56.4 Å². The molecule has 1 aromatic carbocycles. The highest BCUT2D eigenvalue weighted by molar-refractivity contribution is 6.12. The molecule has 0 radical (unpaired) electrons. The van der Waals surface area contributed by atoms with E-state index in [1.54, 1.807) is 37.3 Å². The molecule has 9 heteroatoms. The van der Waals surface area contributed by atoms with Gasteiger partial charge in [-0.3, -0.25) is 9.59 Å². The second kappa shape index (κ2) is 16.7. The quantitative estimate of drug-likeness (QED) is 0.142. The Morgan fingerprint density at radius 3 is 2.19 bits per heavy atom. The summed E-state index contributed by atoms with van der Waals surface area (Å²) in [4.78, 5) is 28.7. The third-order valence-corrected chi connectivity index (χ3v) is 5.85. The molecule has 1 amide bonds. The Morgan fingerprint density at radius 2 is 1.69 bits per heavy atom. The number of methoxy groups -OCH3 is 3. The number of nitrogens with zero attached hydrogens (tertiary/aromatic N) is 1. The monoisotopic (exact) mass is 507 g/mol. The lowest BCUT2D eigenvalue weighted by molar-refractivity contribution is -0.131. The average molecular weight is 508 g/mol. The van der Waals surface area contributed by atoms with Crippen LogP contribution in [0.4, 0.5) is 0 Å². The van der Waals surface area contributed by atoms with Crippen LogP contribution in [0.1, 0.15) is 44.0 Å². The molecule has 0 saturated carbocycles. The molecule has 1 rings (SSSR count). The van der Waals surface area contributed by atoms with Crippen LogP contribution in [0.15, 0.2) is 41.2 Å². The van der Waals surface area contributed by atoms with E-state index < -0.39 is 12.4 Å². The number of Topliss-reactive ketones (excluding diaryl/α,β-unsaturated/α-hetero) is 1. The number of rotatable bonds is 17. The molecule has 9 nitrogen and oxygen atoms in total. The van der Waals surface area contributed by atoms with Crippen LogP contribution in [-0.4, -0.2) is 87.6 Å². The molecule has 0 fully saturated rings. The van der Waals surface area contributed by atoms with Gasteiger partial charge < -0.3 is 34.1 Å². The molecule has 1 atom stereocenters. The van der Waals surface area contributed by atoms with Crippen LogP contribution < -0.4 is 9.47 Å². The lowest BCUT2D eigenvalue weighted by Gasteiger charge is -2.25. The topological polar surface area (TPSA) is 115 Å². The van der Waals surface area contributed by atoms with Gasteiger partial charge in [0.15, 0.2) is 17.3 Å². The van der Waals surface area contributed by atoms with Crippen LogP contribution in [0.5, 0.6) is 11.5 Å². The molecule has 1 unspecified atom stereocenters. The van der Waals surface area contributed by atoms with E-state index in [1.165, 1.54) is 7.11 Å². The van der Waals surface area contributed by atoms with Crippen molar-refractivity contribution in [1.82, 2.24) is 4.90 Å². The zero-order valence-electron chi connectivity index (χ0n) is 22.3. The van der Waals surface area contributed by atoms with E-state index in [9.17, 15) is 19.8 Å².